The number of nitrogens with zero attached hydrogens (tertiary/aromatic N) is 4. The standard InChI is InChI=1S/C16H18N4/c1-12-11-13(2)18-16(17-12)20-10-6-9-15(19-20)14-7-4-3-5-8-14/h3-5,7-8,11H,6,9-10H2,1-2H3. The van der Waals surface area contributed by atoms with Gasteiger partial charge in [-0.1, -0.05) is 30.3 Å². The zero-order valence-electron chi connectivity index (χ0n) is 11.9. The van der Waals surface area contributed by atoms with Crippen LogP contribution in [0.1, 0.15) is 29.8 Å². The average molecular weight is 266 g/mol. The molecule has 0 amide bonds. The van der Waals surface area contributed by atoms with Crippen LogP contribution in [0.15, 0.2) is 41.5 Å². The molecule has 20 heavy (non-hydrogen) atoms. The molecule has 0 aliphatic carbocycles. The minimum Gasteiger partial charge on any atom is -0.231 e. The summed E-state index contributed by atoms with van der Waals surface area (Å²) in [5, 5.41) is 6.65. The molecule has 2 aromatic rings. The fraction of sp³-hybridized carbons (Fsp3) is 0.312. The summed E-state index contributed by atoms with van der Waals surface area (Å²) in [6, 6.07) is 12.3. The van der Waals surface area contributed by atoms with Gasteiger partial charge < -0.3 is 0 Å². The lowest BCUT2D eigenvalue weighted by Gasteiger charge is -2.24. The average Bonchev–Trinajstić information content (AvgIpc) is 2.47. The van der Waals surface area contributed by atoms with Gasteiger partial charge in [-0.2, -0.15) is 5.10 Å². The van der Waals surface area contributed by atoms with Crippen LogP contribution in [0.5, 0.6) is 0 Å². The predicted octanol–water partition coefficient (Wildman–Crippen LogP) is 3.10. The Labute approximate surface area is 119 Å². The molecule has 4 heteroatoms. The molecule has 0 fully saturated rings. The summed E-state index contributed by atoms with van der Waals surface area (Å²) in [4.78, 5) is 8.99. The van der Waals surface area contributed by atoms with Gasteiger partial charge in [0.2, 0.25) is 5.95 Å². The molecule has 1 aromatic heterocycles. The lowest BCUT2D eigenvalue weighted by Crippen LogP contribution is -2.28. The molecule has 0 spiro atoms. The van der Waals surface area contributed by atoms with Crippen molar-refractivity contribution in [2.45, 2.75) is 26.7 Å². The molecule has 1 aliphatic rings. The Balaban J connectivity index is 1.94. The second kappa shape index (κ2) is 5.41. The van der Waals surface area contributed by atoms with Gasteiger partial charge in [0.05, 0.1) is 5.71 Å². The minimum absolute atomic E-state index is 0.704. The Kier molecular flexibility index (Phi) is 3.46. The molecule has 0 bridgehead atoms. The number of benzene rings is 1. The number of hydrogen-bond acceptors (Lipinski definition) is 4. The van der Waals surface area contributed by atoms with Gasteiger partial charge in [-0.05, 0) is 38.3 Å². The monoisotopic (exact) mass is 266 g/mol. The maximum Gasteiger partial charge on any atom is 0.246 e. The van der Waals surface area contributed by atoms with Crippen LogP contribution >= 0.6 is 0 Å². The van der Waals surface area contributed by atoms with E-state index in [1.807, 2.05) is 43.1 Å². The van der Waals surface area contributed by atoms with Crippen LogP contribution in [0.3, 0.4) is 0 Å². The summed E-state index contributed by atoms with van der Waals surface area (Å²) in [5.41, 5.74) is 4.25. The van der Waals surface area contributed by atoms with Crippen molar-refractivity contribution >= 4 is 11.7 Å². The Bertz CT molecular complexity index is 614. The predicted molar refractivity (Wildman–Crippen MR) is 81.1 cm³/mol. The normalized spacial score (nSPS) is 15.1. The molecule has 102 valence electrons. The molecular formula is C16H18N4. The number of rotatable bonds is 2. The topological polar surface area (TPSA) is 41.4 Å². The van der Waals surface area contributed by atoms with Crippen LogP contribution in [0.25, 0.3) is 0 Å². The Morgan fingerprint density at radius 1 is 1.00 bits per heavy atom. The van der Waals surface area contributed by atoms with E-state index >= 15 is 0 Å². The second-order valence-electron chi connectivity index (χ2n) is 5.09. The highest BCUT2D eigenvalue weighted by Crippen LogP contribution is 2.18. The van der Waals surface area contributed by atoms with Crippen LogP contribution in [-0.2, 0) is 0 Å². The van der Waals surface area contributed by atoms with Crippen LogP contribution < -0.4 is 5.01 Å². The van der Waals surface area contributed by atoms with Crippen molar-refractivity contribution in [2.24, 2.45) is 5.10 Å². The van der Waals surface area contributed by atoms with Gasteiger partial charge in [-0.3, -0.25) is 0 Å². The van der Waals surface area contributed by atoms with E-state index in [0.717, 1.165) is 36.5 Å². The minimum atomic E-state index is 0.704. The molecule has 2 heterocycles. The van der Waals surface area contributed by atoms with Gasteiger partial charge in [0.1, 0.15) is 0 Å². The molecule has 1 aliphatic heterocycles. The molecule has 0 saturated heterocycles. The van der Waals surface area contributed by atoms with Gasteiger partial charge in [0, 0.05) is 17.9 Å². The first kappa shape index (κ1) is 12.8. The Morgan fingerprint density at radius 2 is 1.70 bits per heavy atom. The summed E-state index contributed by atoms with van der Waals surface area (Å²) in [7, 11) is 0. The lowest BCUT2D eigenvalue weighted by molar-refractivity contribution is 0.715. The van der Waals surface area contributed by atoms with Gasteiger partial charge in [0.15, 0.2) is 0 Å². The third-order valence-corrected chi connectivity index (χ3v) is 3.33. The van der Waals surface area contributed by atoms with Crippen LogP contribution in [0.4, 0.5) is 5.95 Å². The molecule has 4 nitrogen and oxygen atoms in total. The van der Waals surface area contributed by atoms with Crippen molar-refractivity contribution in [3.63, 3.8) is 0 Å². The first-order chi connectivity index (χ1) is 9.72. The van der Waals surface area contributed by atoms with Crippen LogP contribution in [0.2, 0.25) is 0 Å². The highest BCUT2D eigenvalue weighted by atomic mass is 15.5. The Hall–Kier alpha value is -2.23. The fourth-order valence-corrected chi connectivity index (χ4v) is 2.44. The summed E-state index contributed by atoms with van der Waals surface area (Å²) in [6.45, 7) is 4.85. The van der Waals surface area contributed by atoms with E-state index in [0.29, 0.717) is 5.95 Å². The van der Waals surface area contributed by atoms with Crippen molar-refractivity contribution < 1.29 is 0 Å². The van der Waals surface area contributed by atoms with Crippen molar-refractivity contribution in [1.29, 1.82) is 0 Å². The molecule has 0 unspecified atom stereocenters. The number of aryl methyl sites for hydroxylation is 2. The zero-order chi connectivity index (χ0) is 13.9. The van der Waals surface area contributed by atoms with E-state index in [9.17, 15) is 0 Å². The molecule has 0 saturated carbocycles. The molecule has 0 atom stereocenters. The number of aromatic nitrogens is 2. The highest BCUT2D eigenvalue weighted by Gasteiger charge is 2.17. The van der Waals surface area contributed by atoms with E-state index in [1.54, 1.807) is 0 Å². The lowest BCUT2D eigenvalue weighted by atomic mass is 10.0. The van der Waals surface area contributed by atoms with Gasteiger partial charge in [-0.15, -0.1) is 0 Å². The smallest absolute Gasteiger partial charge is 0.231 e. The molecular weight excluding hydrogens is 248 g/mol. The van der Waals surface area contributed by atoms with Gasteiger partial charge in [0.25, 0.3) is 0 Å². The molecule has 1 aromatic carbocycles. The number of hydrazone groups is 1. The van der Waals surface area contributed by atoms with Crippen molar-refractivity contribution in [2.75, 3.05) is 11.6 Å². The van der Waals surface area contributed by atoms with Crippen molar-refractivity contribution in [3.05, 3.63) is 53.3 Å². The zero-order valence-corrected chi connectivity index (χ0v) is 11.9. The quantitative estimate of drug-likeness (QED) is 0.838. The molecule has 3 rings (SSSR count). The van der Waals surface area contributed by atoms with Gasteiger partial charge in [-0.25, -0.2) is 15.0 Å². The number of anilines is 1. The first-order valence-corrected chi connectivity index (χ1v) is 6.95. The number of hydrogen-bond donors (Lipinski definition) is 0. The summed E-state index contributed by atoms with van der Waals surface area (Å²) < 4.78 is 0. The van der Waals surface area contributed by atoms with E-state index in [2.05, 4.69) is 22.1 Å². The fourth-order valence-electron chi connectivity index (χ4n) is 2.44. The van der Waals surface area contributed by atoms with Crippen molar-refractivity contribution in [1.82, 2.24) is 9.97 Å². The van der Waals surface area contributed by atoms with E-state index < -0.39 is 0 Å². The third kappa shape index (κ3) is 2.69. The first-order valence-electron chi connectivity index (χ1n) is 6.95. The largest absolute Gasteiger partial charge is 0.246 e. The SMILES string of the molecule is Cc1cc(C)nc(N2CCCC(c3ccccc3)=N2)n1. The van der Waals surface area contributed by atoms with E-state index in [1.165, 1.54) is 5.56 Å². The summed E-state index contributed by atoms with van der Waals surface area (Å²) >= 11 is 0. The van der Waals surface area contributed by atoms with E-state index in [4.69, 9.17) is 5.10 Å². The summed E-state index contributed by atoms with van der Waals surface area (Å²) in [5.74, 6) is 0.704. The maximum absolute atomic E-state index is 4.73. The van der Waals surface area contributed by atoms with Gasteiger partial charge >= 0.3 is 0 Å². The highest BCUT2D eigenvalue weighted by molar-refractivity contribution is 6.01. The van der Waals surface area contributed by atoms with Crippen LogP contribution in [-0.4, -0.2) is 22.2 Å². The maximum atomic E-state index is 4.73. The third-order valence-electron chi connectivity index (χ3n) is 3.33. The Morgan fingerprint density at radius 3 is 2.40 bits per heavy atom. The molecule has 0 N–H and O–H groups in total. The van der Waals surface area contributed by atoms with Crippen LogP contribution in [0, 0.1) is 13.8 Å². The second-order valence-corrected chi connectivity index (χ2v) is 5.09. The van der Waals surface area contributed by atoms with E-state index in [-0.39, 0.29) is 0 Å². The molecule has 0 radical (unpaired) electrons. The van der Waals surface area contributed by atoms with Crippen molar-refractivity contribution in [3.8, 4) is 0 Å². The summed E-state index contributed by atoms with van der Waals surface area (Å²) in [6.07, 6.45) is 2.08.